The van der Waals surface area contributed by atoms with Crippen molar-refractivity contribution in [2.45, 2.75) is 58.2 Å². The van der Waals surface area contributed by atoms with Gasteiger partial charge in [0.05, 0.1) is 6.20 Å². The first-order valence-corrected chi connectivity index (χ1v) is 7.14. The van der Waals surface area contributed by atoms with Crippen LogP contribution < -0.4 is 0 Å². The van der Waals surface area contributed by atoms with Crippen molar-refractivity contribution in [1.29, 1.82) is 0 Å². The van der Waals surface area contributed by atoms with Crippen LogP contribution in [0, 0.1) is 0 Å². The highest BCUT2D eigenvalue weighted by Gasteiger charge is 2.31. The van der Waals surface area contributed by atoms with Crippen molar-refractivity contribution in [3.05, 3.63) is 18.0 Å². The van der Waals surface area contributed by atoms with Crippen molar-refractivity contribution >= 4 is 5.97 Å². The molecule has 1 aliphatic heterocycles. The Hall–Kier alpha value is -1.36. The molecule has 0 amide bonds. The lowest BCUT2D eigenvalue weighted by Crippen LogP contribution is -2.42. The van der Waals surface area contributed by atoms with E-state index in [-0.39, 0.29) is 12.1 Å². The molecule has 0 spiro atoms. The Morgan fingerprint density at radius 2 is 2.32 bits per heavy atom. The van der Waals surface area contributed by atoms with Crippen molar-refractivity contribution in [2.75, 3.05) is 6.54 Å². The van der Waals surface area contributed by atoms with E-state index in [2.05, 4.69) is 16.9 Å². The number of carbonyl (C=O) groups is 1. The largest absolute Gasteiger partial charge is 0.480 e. The summed E-state index contributed by atoms with van der Waals surface area (Å²) < 4.78 is 1.89. The summed E-state index contributed by atoms with van der Waals surface area (Å²) in [5.41, 5.74) is 1.11. The fourth-order valence-corrected chi connectivity index (χ4v) is 2.82. The van der Waals surface area contributed by atoms with Gasteiger partial charge in [-0.2, -0.15) is 5.10 Å². The maximum absolute atomic E-state index is 11.5. The molecule has 2 rings (SSSR count). The first-order chi connectivity index (χ1) is 9.13. The highest BCUT2D eigenvalue weighted by molar-refractivity contribution is 5.73. The molecule has 1 N–H and O–H groups in total. The summed E-state index contributed by atoms with van der Waals surface area (Å²) in [6.07, 6.45) is 7.85. The maximum atomic E-state index is 11.5. The molecule has 0 aliphatic carbocycles. The molecule has 1 aliphatic rings. The number of aromatic nitrogens is 2. The molecule has 5 heteroatoms. The molecule has 2 unspecified atom stereocenters. The van der Waals surface area contributed by atoms with Gasteiger partial charge in [-0.1, -0.05) is 12.8 Å². The number of likely N-dealkylation sites (tertiary alicyclic amines) is 1. The van der Waals surface area contributed by atoms with Gasteiger partial charge in [0.15, 0.2) is 0 Å². The SMILES string of the molecule is CCn1cc(C(C)N2CCCCCC2C(=O)O)cn1. The van der Waals surface area contributed by atoms with Gasteiger partial charge in [-0.05, 0) is 33.2 Å². The zero-order valence-electron chi connectivity index (χ0n) is 11.7. The number of carboxylic acid groups (broad SMARTS) is 1. The van der Waals surface area contributed by atoms with Gasteiger partial charge >= 0.3 is 5.97 Å². The summed E-state index contributed by atoms with van der Waals surface area (Å²) in [7, 11) is 0. The van der Waals surface area contributed by atoms with Gasteiger partial charge < -0.3 is 5.11 Å². The van der Waals surface area contributed by atoms with Crippen molar-refractivity contribution in [3.63, 3.8) is 0 Å². The molecule has 19 heavy (non-hydrogen) atoms. The van der Waals surface area contributed by atoms with Crippen LogP contribution in [-0.4, -0.2) is 38.3 Å². The first kappa shape index (κ1) is 14.1. The second-order valence-corrected chi connectivity index (χ2v) is 5.25. The predicted molar refractivity (Wildman–Crippen MR) is 72.9 cm³/mol. The van der Waals surface area contributed by atoms with E-state index in [1.54, 1.807) is 0 Å². The molecule has 1 saturated heterocycles. The molecule has 5 nitrogen and oxygen atoms in total. The number of aryl methyl sites for hydroxylation is 1. The van der Waals surface area contributed by atoms with Crippen molar-refractivity contribution in [2.24, 2.45) is 0 Å². The Morgan fingerprint density at radius 3 is 2.95 bits per heavy atom. The summed E-state index contributed by atoms with van der Waals surface area (Å²) in [6.45, 7) is 5.83. The van der Waals surface area contributed by atoms with Crippen molar-refractivity contribution in [3.8, 4) is 0 Å². The quantitative estimate of drug-likeness (QED) is 0.907. The molecule has 1 aromatic rings. The Morgan fingerprint density at radius 1 is 1.53 bits per heavy atom. The minimum atomic E-state index is -0.698. The van der Waals surface area contributed by atoms with Crippen LogP contribution in [-0.2, 0) is 11.3 Å². The van der Waals surface area contributed by atoms with Crippen LogP contribution in [0.15, 0.2) is 12.4 Å². The molecule has 1 aromatic heterocycles. The molecule has 0 radical (unpaired) electrons. The Labute approximate surface area is 114 Å². The van der Waals surface area contributed by atoms with Crippen molar-refractivity contribution in [1.82, 2.24) is 14.7 Å². The number of hydrogen-bond donors (Lipinski definition) is 1. The standard InChI is InChI=1S/C14H23N3O2/c1-3-16-10-12(9-15-16)11(2)17-8-6-4-5-7-13(17)14(18)19/h9-11,13H,3-8H2,1-2H3,(H,18,19). The van der Waals surface area contributed by atoms with Crippen LogP contribution in [0.25, 0.3) is 0 Å². The zero-order chi connectivity index (χ0) is 13.8. The summed E-state index contributed by atoms with van der Waals surface area (Å²) in [6, 6.07) is -0.248. The van der Waals surface area contributed by atoms with Gasteiger partial charge in [0.1, 0.15) is 6.04 Å². The van der Waals surface area contributed by atoms with Crippen LogP contribution in [0.1, 0.15) is 51.1 Å². The normalized spacial score (nSPS) is 22.9. The minimum absolute atomic E-state index is 0.111. The van der Waals surface area contributed by atoms with E-state index in [1.807, 2.05) is 24.0 Å². The summed E-state index contributed by atoms with van der Waals surface area (Å²) in [4.78, 5) is 13.6. The summed E-state index contributed by atoms with van der Waals surface area (Å²) in [5, 5.41) is 13.7. The van der Waals surface area contributed by atoms with Gasteiger partial charge in [-0.25, -0.2) is 0 Å². The van der Waals surface area contributed by atoms with E-state index >= 15 is 0 Å². The van der Waals surface area contributed by atoms with E-state index < -0.39 is 5.97 Å². The molecular formula is C14H23N3O2. The highest BCUT2D eigenvalue weighted by atomic mass is 16.4. The Balaban J connectivity index is 2.17. The molecule has 2 atom stereocenters. The Bertz CT molecular complexity index is 430. The fourth-order valence-electron chi connectivity index (χ4n) is 2.82. The average molecular weight is 265 g/mol. The van der Waals surface area contributed by atoms with Crippen LogP contribution >= 0.6 is 0 Å². The molecule has 0 bridgehead atoms. The minimum Gasteiger partial charge on any atom is -0.480 e. The maximum Gasteiger partial charge on any atom is 0.320 e. The third-order valence-corrected chi connectivity index (χ3v) is 4.04. The van der Waals surface area contributed by atoms with E-state index in [0.29, 0.717) is 0 Å². The summed E-state index contributed by atoms with van der Waals surface area (Å²) >= 11 is 0. The molecule has 2 heterocycles. The van der Waals surface area contributed by atoms with E-state index in [1.165, 1.54) is 0 Å². The number of nitrogens with zero attached hydrogens (tertiary/aromatic N) is 3. The zero-order valence-corrected chi connectivity index (χ0v) is 11.7. The molecule has 0 aromatic carbocycles. The van der Waals surface area contributed by atoms with E-state index in [0.717, 1.165) is 44.3 Å². The second-order valence-electron chi connectivity index (χ2n) is 5.25. The molecule has 106 valence electrons. The van der Waals surface area contributed by atoms with Gasteiger partial charge in [0.25, 0.3) is 0 Å². The van der Waals surface area contributed by atoms with Gasteiger partial charge in [0, 0.05) is 24.3 Å². The Kier molecular flexibility index (Phi) is 4.58. The van der Waals surface area contributed by atoms with Crippen LogP contribution in [0.3, 0.4) is 0 Å². The lowest BCUT2D eigenvalue weighted by Gasteiger charge is -2.32. The van der Waals surface area contributed by atoms with E-state index in [9.17, 15) is 9.90 Å². The van der Waals surface area contributed by atoms with Crippen LogP contribution in [0.5, 0.6) is 0 Å². The second kappa shape index (κ2) is 6.19. The summed E-state index contributed by atoms with van der Waals surface area (Å²) in [5.74, 6) is -0.698. The number of hydrogen-bond acceptors (Lipinski definition) is 3. The lowest BCUT2D eigenvalue weighted by molar-refractivity contribution is -0.144. The molecule has 0 saturated carbocycles. The third kappa shape index (κ3) is 3.15. The smallest absolute Gasteiger partial charge is 0.320 e. The van der Waals surface area contributed by atoms with Gasteiger partial charge in [-0.15, -0.1) is 0 Å². The number of rotatable bonds is 4. The first-order valence-electron chi connectivity index (χ1n) is 7.14. The van der Waals surface area contributed by atoms with Gasteiger partial charge in [-0.3, -0.25) is 14.4 Å². The van der Waals surface area contributed by atoms with Crippen LogP contribution in [0.2, 0.25) is 0 Å². The van der Waals surface area contributed by atoms with Crippen molar-refractivity contribution < 1.29 is 9.90 Å². The average Bonchev–Trinajstić information content (AvgIpc) is 2.74. The number of carboxylic acids is 1. The topological polar surface area (TPSA) is 58.4 Å². The van der Waals surface area contributed by atoms with E-state index in [4.69, 9.17) is 0 Å². The number of aliphatic carboxylic acids is 1. The van der Waals surface area contributed by atoms with Crippen LogP contribution in [0.4, 0.5) is 0 Å². The molecular weight excluding hydrogens is 242 g/mol. The fraction of sp³-hybridized carbons (Fsp3) is 0.714. The molecule has 1 fully saturated rings. The van der Waals surface area contributed by atoms with Gasteiger partial charge in [0.2, 0.25) is 0 Å². The predicted octanol–water partition coefficient (Wildman–Crippen LogP) is 2.29. The monoisotopic (exact) mass is 265 g/mol. The lowest BCUT2D eigenvalue weighted by atomic mass is 10.1. The third-order valence-electron chi connectivity index (χ3n) is 4.04. The highest BCUT2D eigenvalue weighted by Crippen LogP contribution is 2.27.